The summed E-state index contributed by atoms with van der Waals surface area (Å²) in [6.45, 7) is -0.162. The fourth-order valence-corrected chi connectivity index (χ4v) is 2.26. The third-order valence-electron chi connectivity index (χ3n) is 3.18. The fraction of sp³-hybridized carbons (Fsp3) is 0.417. The van der Waals surface area contributed by atoms with Gasteiger partial charge in [0.1, 0.15) is 12.3 Å². The minimum absolute atomic E-state index is 0.162. The standard InChI is InChI=1S/C12H14N2O3/c15-6-11-10(16)5-12(17-11)14-7-13-8-3-1-2-4-9(8)14/h1-4,7,10-12,15-16H,5-6H2/t10-,11+,12-/m0/s1. The van der Waals surface area contributed by atoms with Gasteiger partial charge in [-0.15, -0.1) is 0 Å². The number of imidazole rings is 1. The Hall–Kier alpha value is -1.43. The molecular formula is C12H14N2O3. The number of aromatic nitrogens is 2. The Morgan fingerprint density at radius 3 is 3.00 bits per heavy atom. The van der Waals surface area contributed by atoms with Crippen molar-refractivity contribution >= 4 is 11.0 Å². The van der Waals surface area contributed by atoms with E-state index in [1.165, 1.54) is 0 Å². The second kappa shape index (κ2) is 4.10. The molecule has 2 heterocycles. The molecule has 3 atom stereocenters. The lowest BCUT2D eigenvalue weighted by molar-refractivity contribution is -0.0430. The molecule has 1 aliphatic rings. The molecule has 0 unspecified atom stereocenters. The number of rotatable bonds is 2. The molecule has 1 saturated heterocycles. The lowest BCUT2D eigenvalue weighted by Crippen LogP contribution is -2.24. The molecule has 90 valence electrons. The number of aliphatic hydroxyl groups is 2. The smallest absolute Gasteiger partial charge is 0.138 e. The molecule has 1 aromatic carbocycles. The van der Waals surface area contributed by atoms with Crippen LogP contribution in [0, 0.1) is 0 Å². The van der Waals surface area contributed by atoms with Crippen molar-refractivity contribution in [2.24, 2.45) is 0 Å². The van der Waals surface area contributed by atoms with Gasteiger partial charge < -0.3 is 19.5 Å². The summed E-state index contributed by atoms with van der Waals surface area (Å²) in [5.41, 5.74) is 1.88. The van der Waals surface area contributed by atoms with E-state index in [1.54, 1.807) is 6.33 Å². The highest BCUT2D eigenvalue weighted by atomic mass is 16.5. The van der Waals surface area contributed by atoms with Gasteiger partial charge in [-0.3, -0.25) is 0 Å². The van der Waals surface area contributed by atoms with Crippen LogP contribution in [-0.4, -0.2) is 38.6 Å². The summed E-state index contributed by atoms with van der Waals surface area (Å²) in [5, 5.41) is 18.8. The van der Waals surface area contributed by atoms with Gasteiger partial charge in [-0.1, -0.05) is 12.1 Å². The van der Waals surface area contributed by atoms with Crippen molar-refractivity contribution in [3.63, 3.8) is 0 Å². The van der Waals surface area contributed by atoms with Crippen LogP contribution in [0.5, 0.6) is 0 Å². The lowest BCUT2D eigenvalue weighted by atomic mass is 10.2. The minimum atomic E-state index is -0.619. The number of benzene rings is 1. The highest BCUT2D eigenvalue weighted by molar-refractivity contribution is 5.75. The molecular weight excluding hydrogens is 220 g/mol. The molecule has 0 saturated carbocycles. The van der Waals surface area contributed by atoms with E-state index in [4.69, 9.17) is 9.84 Å². The zero-order chi connectivity index (χ0) is 11.8. The molecule has 2 N–H and O–H groups in total. The molecule has 3 rings (SSSR count). The molecule has 1 fully saturated rings. The number of para-hydroxylation sites is 2. The van der Waals surface area contributed by atoms with E-state index >= 15 is 0 Å². The summed E-state index contributed by atoms with van der Waals surface area (Å²) < 4.78 is 7.50. The average Bonchev–Trinajstić information content (AvgIpc) is 2.92. The van der Waals surface area contributed by atoms with E-state index in [9.17, 15) is 5.11 Å². The van der Waals surface area contributed by atoms with E-state index in [0.717, 1.165) is 11.0 Å². The van der Waals surface area contributed by atoms with Gasteiger partial charge in [-0.2, -0.15) is 0 Å². The number of hydrogen-bond acceptors (Lipinski definition) is 4. The fourth-order valence-electron chi connectivity index (χ4n) is 2.26. The predicted octanol–water partition coefficient (Wildman–Crippen LogP) is 0.677. The molecule has 1 aromatic heterocycles. The topological polar surface area (TPSA) is 67.5 Å². The molecule has 0 aliphatic carbocycles. The Morgan fingerprint density at radius 2 is 2.24 bits per heavy atom. The van der Waals surface area contributed by atoms with E-state index < -0.39 is 12.2 Å². The average molecular weight is 234 g/mol. The first-order valence-corrected chi connectivity index (χ1v) is 5.65. The van der Waals surface area contributed by atoms with Gasteiger partial charge >= 0.3 is 0 Å². The van der Waals surface area contributed by atoms with Crippen LogP contribution in [0.3, 0.4) is 0 Å². The summed E-state index contributed by atoms with van der Waals surface area (Å²) in [4.78, 5) is 4.28. The van der Waals surface area contributed by atoms with Crippen molar-refractivity contribution in [2.75, 3.05) is 6.61 Å². The van der Waals surface area contributed by atoms with Crippen molar-refractivity contribution in [3.8, 4) is 0 Å². The van der Waals surface area contributed by atoms with Gasteiger partial charge in [0.2, 0.25) is 0 Å². The molecule has 5 nitrogen and oxygen atoms in total. The lowest BCUT2D eigenvalue weighted by Gasteiger charge is -2.13. The molecule has 0 bridgehead atoms. The monoisotopic (exact) mass is 234 g/mol. The Kier molecular flexibility index (Phi) is 2.58. The van der Waals surface area contributed by atoms with Crippen molar-refractivity contribution in [1.82, 2.24) is 9.55 Å². The van der Waals surface area contributed by atoms with E-state index in [-0.39, 0.29) is 12.8 Å². The zero-order valence-electron chi connectivity index (χ0n) is 9.23. The second-order valence-corrected chi connectivity index (χ2v) is 4.26. The van der Waals surface area contributed by atoms with Crippen molar-refractivity contribution < 1.29 is 14.9 Å². The van der Waals surface area contributed by atoms with Crippen LogP contribution >= 0.6 is 0 Å². The first-order chi connectivity index (χ1) is 8.29. The molecule has 17 heavy (non-hydrogen) atoms. The van der Waals surface area contributed by atoms with Crippen LogP contribution in [0.2, 0.25) is 0 Å². The normalized spacial score (nSPS) is 28.9. The van der Waals surface area contributed by atoms with Crippen LogP contribution in [-0.2, 0) is 4.74 Å². The Balaban J connectivity index is 1.95. The SMILES string of the molecule is OC[C@H]1O[C@H](n2cnc3ccccc32)C[C@@H]1O. The summed E-state index contributed by atoms with van der Waals surface area (Å²) in [6, 6.07) is 7.76. The van der Waals surface area contributed by atoms with Crippen LogP contribution in [0.4, 0.5) is 0 Å². The van der Waals surface area contributed by atoms with Gasteiger partial charge in [0.15, 0.2) is 0 Å². The number of fused-ring (bicyclic) bond motifs is 1. The Labute approximate surface area is 98.3 Å². The number of ether oxygens (including phenoxy) is 1. The summed E-state index contributed by atoms with van der Waals surface area (Å²) >= 11 is 0. The van der Waals surface area contributed by atoms with E-state index in [1.807, 2.05) is 28.8 Å². The van der Waals surface area contributed by atoms with Gasteiger partial charge in [0.25, 0.3) is 0 Å². The maximum absolute atomic E-state index is 9.71. The third-order valence-corrected chi connectivity index (χ3v) is 3.18. The second-order valence-electron chi connectivity index (χ2n) is 4.26. The molecule has 0 spiro atoms. The maximum Gasteiger partial charge on any atom is 0.138 e. The minimum Gasteiger partial charge on any atom is -0.394 e. The summed E-state index contributed by atoms with van der Waals surface area (Å²) in [5.74, 6) is 0. The molecule has 0 radical (unpaired) electrons. The molecule has 0 amide bonds. The van der Waals surface area contributed by atoms with E-state index in [2.05, 4.69) is 4.98 Å². The van der Waals surface area contributed by atoms with Crippen molar-refractivity contribution in [3.05, 3.63) is 30.6 Å². The van der Waals surface area contributed by atoms with Gasteiger partial charge in [-0.05, 0) is 12.1 Å². The molecule has 5 heteroatoms. The van der Waals surface area contributed by atoms with Crippen LogP contribution < -0.4 is 0 Å². The van der Waals surface area contributed by atoms with Gasteiger partial charge in [-0.25, -0.2) is 4.98 Å². The highest BCUT2D eigenvalue weighted by Crippen LogP contribution is 2.30. The Bertz CT molecular complexity index is 525. The molecule has 1 aliphatic heterocycles. The Morgan fingerprint density at radius 1 is 1.41 bits per heavy atom. The van der Waals surface area contributed by atoms with Crippen molar-refractivity contribution in [2.45, 2.75) is 24.9 Å². The quantitative estimate of drug-likeness (QED) is 0.801. The highest BCUT2D eigenvalue weighted by Gasteiger charge is 2.34. The predicted molar refractivity (Wildman–Crippen MR) is 61.4 cm³/mol. The van der Waals surface area contributed by atoms with Crippen molar-refractivity contribution in [1.29, 1.82) is 0 Å². The summed E-state index contributed by atoms with van der Waals surface area (Å²) in [6.07, 6.45) is 0.815. The largest absolute Gasteiger partial charge is 0.394 e. The van der Waals surface area contributed by atoms with Gasteiger partial charge in [0.05, 0.1) is 30.1 Å². The first kappa shape index (κ1) is 10.7. The van der Waals surface area contributed by atoms with Gasteiger partial charge in [0, 0.05) is 6.42 Å². The maximum atomic E-state index is 9.71. The zero-order valence-corrected chi connectivity index (χ0v) is 9.23. The third kappa shape index (κ3) is 1.72. The van der Waals surface area contributed by atoms with Crippen LogP contribution in [0.25, 0.3) is 11.0 Å². The number of hydrogen-bond donors (Lipinski definition) is 2. The van der Waals surface area contributed by atoms with E-state index in [0.29, 0.717) is 6.42 Å². The summed E-state index contributed by atoms with van der Waals surface area (Å²) in [7, 11) is 0. The number of aliphatic hydroxyl groups excluding tert-OH is 2. The molecule has 2 aromatic rings. The van der Waals surface area contributed by atoms with Crippen LogP contribution in [0.15, 0.2) is 30.6 Å². The number of nitrogens with zero attached hydrogens (tertiary/aromatic N) is 2. The van der Waals surface area contributed by atoms with Crippen LogP contribution in [0.1, 0.15) is 12.6 Å². The first-order valence-electron chi connectivity index (χ1n) is 5.65.